The van der Waals surface area contributed by atoms with E-state index in [2.05, 4.69) is 6.58 Å². The first-order valence-corrected chi connectivity index (χ1v) is 4.82. The van der Waals surface area contributed by atoms with Crippen LogP contribution in [0.2, 0.25) is 0 Å². The van der Waals surface area contributed by atoms with Crippen molar-refractivity contribution in [1.29, 1.82) is 0 Å². The Balaban J connectivity index is 2.38. The second kappa shape index (κ2) is 4.42. The van der Waals surface area contributed by atoms with Crippen LogP contribution in [0, 0.1) is 5.92 Å². The lowest BCUT2D eigenvalue weighted by molar-refractivity contribution is -0.127. The Morgan fingerprint density at radius 2 is 2.15 bits per heavy atom. The third-order valence-electron chi connectivity index (χ3n) is 2.77. The predicted octanol–water partition coefficient (Wildman–Crippen LogP) is 0.758. The average molecular weight is 182 g/mol. The number of nitrogens with zero attached hydrogens (tertiary/aromatic N) is 1. The molecule has 1 unspecified atom stereocenters. The molecule has 1 heterocycles. The van der Waals surface area contributed by atoms with Gasteiger partial charge in [-0.25, -0.2) is 0 Å². The van der Waals surface area contributed by atoms with Gasteiger partial charge in [-0.3, -0.25) is 4.79 Å². The quantitative estimate of drug-likeness (QED) is 0.641. The van der Waals surface area contributed by atoms with Crippen LogP contribution in [-0.2, 0) is 4.79 Å². The van der Waals surface area contributed by atoms with E-state index >= 15 is 0 Å². The second-order valence-electron chi connectivity index (χ2n) is 3.73. The topological polar surface area (TPSA) is 46.3 Å². The molecule has 0 aromatic carbocycles. The summed E-state index contributed by atoms with van der Waals surface area (Å²) in [5, 5.41) is 0. The Morgan fingerprint density at radius 3 is 2.54 bits per heavy atom. The largest absolute Gasteiger partial charge is 0.339 e. The fourth-order valence-corrected chi connectivity index (χ4v) is 1.77. The summed E-state index contributed by atoms with van der Waals surface area (Å²) in [5.41, 5.74) is 5.80. The molecule has 0 spiro atoms. The minimum atomic E-state index is 0.0446. The van der Waals surface area contributed by atoms with E-state index in [0.717, 1.165) is 25.9 Å². The van der Waals surface area contributed by atoms with E-state index in [1.165, 1.54) is 6.08 Å². The van der Waals surface area contributed by atoms with Crippen molar-refractivity contribution < 1.29 is 4.79 Å². The highest BCUT2D eigenvalue weighted by Crippen LogP contribution is 2.19. The summed E-state index contributed by atoms with van der Waals surface area (Å²) in [7, 11) is 0. The lowest BCUT2D eigenvalue weighted by Gasteiger charge is -2.33. The van der Waals surface area contributed by atoms with Gasteiger partial charge in [-0.2, -0.15) is 0 Å². The first-order valence-electron chi connectivity index (χ1n) is 4.82. The molecular weight excluding hydrogens is 164 g/mol. The van der Waals surface area contributed by atoms with Gasteiger partial charge in [-0.1, -0.05) is 6.58 Å². The number of amides is 1. The van der Waals surface area contributed by atoms with Crippen molar-refractivity contribution in [3.63, 3.8) is 0 Å². The van der Waals surface area contributed by atoms with E-state index in [1.54, 1.807) is 0 Å². The van der Waals surface area contributed by atoms with Gasteiger partial charge in [0.25, 0.3) is 0 Å². The molecule has 1 aliphatic heterocycles. The lowest BCUT2D eigenvalue weighted by Crippen LogP contribution is -2.41. The summed E-state index contributed by atoms with van der Waals surface area (Å²) in [5.74, 6) is 0.622. The predicted molar refractivity (Wildman–Crippen MR) is 53.2 cm³/mol. The number of likely N-dealkylation sites (tertiary alicyclic amines) is 1. The van der Waals surface area contributed by atoms with Crippen LogP contribution in [0.1, 0.15) is 19.8 Å². The van der Waals surface area contributed by atoms with Gasteiger partial charge < -0.3 is 10.6 Å². The van der Waals surface area contributed by atoms with Crippen molar-refractivity contribution >= 4 is 5.91 Å². The first-order chi connectivity index (χ1) is 6.15. The Kier molecular flexibility index (Phi) is 3.48. The zero-order chi connectivity index (χ0) is 9.84. The molecule has 1 rings (SSSR count). The third kappa shape index (κ3) is 2.56. The molecule has 1 amide bonds. The summed E-state index contributed by atoms with van der Waals surface area (Å²) in [6.45, 7) is 7.17. The zero-order valence-electron chi connectivity index (χ0n) is 8.20. The molecule has 0 radical (unpaired) electrons. The Hall–Kier alpha value is -0.830. The van der Waals surface area contributed by atoms with Gasteiger partial charge in [-0.05, 0) is 31.8 Å². The Bertz CT molecular complexity index is 193. The summed E-state index contributed by atoms with van der Waals surface area (Å²) in [6.07, 6.45) is 3.43. The van der Waals surface area contributed by atoms with Gasteiger partial charge in [0.2, 0.25) is 5.91 Å². The van der Waals surface area contributed by atoms with Crippen LogP contribution in [-0.4, -0.2) is 29.9 Å². The van der Waals surface area contributed by atoms with Crippen molar-refractivity contribution in [3.8, 4) is 0 Å². The lowest BCUT2D eigenvalue weighted by atomic mass is 9.91. The SMILES string of the molecule is C=CC(=O)N1CCC(C(C)N)CC1. The maximum Gasteiger partial charge on any atom is 0.245 e. The molecule has 2 N–H and O–H groups in total. The fourth-order valence-electron chi connectivity index (χ4n) is 1.77. The molecule has 3 nitrogen and oxygen atoms in total. The number of hydrogen-bond donors (Lipinski definition) is 1. The normalized spacial score (nSPS) is 21.2. The van der Waals surface area contributed by atoms with Crippen molar-refractivity contribution in [3.05, 3.63) is 12.7 Å². The standard InChI is InChI=1S/C10H18N2O/c1-3-10(13)12-6-4-9(5-7-12)8(2)11/h3,8-9H,1,4-7,11H2,2H3. The highest BCUT2D eigenvalue weighted by molar-refractivity contribution is 5.87. The molecule has 1 atom stereocenters. The van der Waals surface area contributed by atoms with E-state index in [4.69, 9.17) is 5.73 Å². The monoisotopic (exact) mass is 182 g/mol. The van der Waals surface area contributed by atoms with Crippen molar-refractivity contribution in [2.75, 3.05) is 13.1 Å². The van der Waals surface area contributed by atoms with Crippen LogP contribution in [0.4, 0.5) is 0 Å². The molecule has 0 bridgehead atoms. The van der Waals surface area contributed by atoms with E-state index in [9.17, 15) is 4.79 Å². The third-order valence-corrected chi connectivity index (χ3v) is 2.77. The number of hydrogen-bond acceptors (Lipinski definition) is 2. The summed E-state index contributed by atoms with van der Waals surface area (Å²) in [6, 6.07) is 0.251. The van der Waals surface area contributed by atoms with E-state index in [0.29, 0.717) is 5.92 Å². The maximum atomic E-state index is 11.2. The molecule has 1 aliphatic rings. The molecule has 3 heteroatoms. The molecule has 0 aliphatic carbocycles. The molecule has 0 aromatic heterocycles. The number of piperidine rings is 1. The van der Waals surface area contributed by atoms with Gasteiger partial charge in [0.15, 0.2) is 0 Å². The number of nitrogens with two attached hydrogens (primary N) is 1. The van der Waals surface area contributed by atoms with E-state index in [-0.39, 0.29) is 11.9 Å². The Labute approximate surface area is 79.6 Å². The molecule has 1 fully saturated rings. The minimum Gasteiger partial charge on any atom is -0.339 e. The van der Waals surface area contributed by atoms with Crippen LogP contribution in [0.15, 0.2) is 12.7 Å². The molecular formula is C10H18N2O. The van der Waals surface area contributed by atoms with Gasteiger partial charge in [0, 0.05) is 19.1 Å². The van der Waals surface area contributed by atoms with Gasteiger partial charge in [0.1, 0.15) is 0 Å². The van der Waals surface area contributed by atoms with Crippen molar-refractivity contribution in [2.24, 2.45) is 11.7 Å². The average Bonchev–Trinajstić information content (AvgIpc) is 2.17. The summed E-state index contributed by atoms with van der Waals surface area (Å²) in [4.78, 5) is 13.1. The van der Waals surface area contributed by atoms with Crippen molar-refractivity contribution in [2.45, 2.75) is 25.8 Å². The number of rotatable bonds is 2. The second-order valence-corrected chi connectivity index (χ2v) is 3.73. The zero-order valence-corrected chi connectivity index (χ0v) is 8.20. The van der Waals surface area contributed by atoms with Crippen molar-refractivity contribution in [1.82, 2.24) is 4.90 Å². The fraction of sp³-hybridized carbons (Fsp3) is 0.700. The maximum absolute atomic E-state index is 11.2. The van der Waals surface area contributed by atoms with E-state index < -0.39 is 0 Å². The number of carbonyl (C=O) groups excluding carboxylic acids is 1. The highest BCUT2D eigenvalue weighted by atomic mass is 16.2. The smallest absolute Gasteiger partial charge is 0.245 e. The summed E-state index contributed by atoms with van der Waals surface area (Å²) < 4.78 is 0. The van der Waals surface area contributed by atoms with Crippen LogP contribution in [0.5, 0.6) is 0 Å². The summed E-state index contributed by atoms with van der Waals surface area (Å²) >= 11 is 0. The van der Waals surface area contributed by atoms with Gasteiger partial charge in [-0.15, -0.1) is 0 Å². The number of carbonyl (C=O) groups is 1. The van der Waals surface area contributed by atoms with Gasteiger partial charge in [0.05, 0.1) is 0 Å². The molecule has 1 saturated heterocycles. The molecule has 0 aromatic rings. The van der Waals surface area contributed by atoms with Crippen LogP contribution < -0.4 is 5.73 Å². The molecule has 13 heavy (non-hydrogen) atoms. The van der Waals surface area contributed by atoms with E-state index in [1.807, 2.05) is 11.8 Å². The molecule has 0 saturated carbocycles. The van der Waals surface area contributed by atoms with Crippen LogP contribution in [0.3, 0.4) is 0 Å². The molecule has 74 valence electrons. The minimum absolute atomic E-state index is 0.0446. The first kappa shape index (κ1) is 10.3. The van der Waals surface area contributed by atoms with Gasteiger partial charge >= 0.3 is 0 Å². The Morgan fingerprint density at radius 1 is 1.62 bits per heavy atom. The van der Waals surface area contributed by atoms with Crippen LogP contribution >= 0.6 is 0 Å². The van der Waals surface area contributed by atoms with Crippen LogP contribution in [0.25, 0.3) is 0 Å². The highest BCUT2D eigenvalue weighted by Gasteiger charge is 2.23.